The average Bonchev–Trinajstić information content (AvgIpc) is 2.83. The van der Waals surface area contributed by atoms with Gasteiger partial charge in [-0.05, 0) is 38.0 Å². The van der Waals surface area contributed by atoms with Crippen LogP contribution in [-0.4, -0.2) is 34.1 Å². The van der Waals surface area contributed by atoms with Crippen molar-refractivity contribution in [1.29, 1.82) is 0 Å². The third-order valence-electron chi connectivity index (χ3n) is 5.59. The van der Waals surface area contributed by atoms with Crippen LogP contribution >= 0.6 is 0 Å². The van der Waals surface area contributed by atoms with Crippen molar-refractivity contribution in [2.45, 2.75) is 82.3 Å². The van der Waals surface area contributed by atoms with Crippen molar-refractivity contribution in [2.24, 2.45) is 5.92 Å². The molecule has 2 atom stereocenters. The molecule has 0 aromatic rings. The van der Waals surface area contributed by atoms with Gasteiger partial charge < -0.3 is 10.0 Å². The Hall–Kier alpha value is -0.570. The van der Waals surface area contributed by atoms with Crippen LogP contribution in [-0.2, 0) is 4.79 Å². The molecule has 1 N–H and O–H groups in total. The van der Waals surface area contributed by atoms with Gasteiger partial charge in [0.2, 0.25) is 5.91 Å². The van der Waals surface area contributed by atoms with E-state index in [4.69, 9.17) is 0 Å². The first-order valence-electron chi connectivity index (χ1n) is 8.20. The molecule has 2 aliphatic carbocycles. The fraction of sp³-hybridized carbons (Fsp3) is 0.938. The molecule has 1 saturated heterocycles. The van der Waals surface area contributed by atoms with E-state index in [9.17, 15) is 9.90 Å². The Labute approximate surface area is 116 Å². The van der Waals surface area contributed by atoms with Gasteiger partial charge in [-0.1, -0.05) is 32.1 Å². The van der Waals surface area contributed by atoms with Gasteiger partial charge in [0.05, 0.1) is 12.0 Å². The molecular formula is C16H27NO2. The van der Waals surface area contributed by atoms with Crippen LogP contribution in [0.5, 0.6) is 0 Å². The monoisotopic (exact) mass is 265 g/mol. The lowest BCUT2D eigenvalue weighted by atomic mass is 9.81. The maximum absolute atomic E-state index is 12.5. The van der Waals surface area contributed by atoms with Gasteiger partial charge in [0.1, 0.15) is 0 Å². The largest absolute Gasteiger partial charge is 0.389 e. The van der Waals surface area contributed by atoms with E-state index in [1.807, 2.05) is 0 Å². The molecule has 19 heavy (non-hydrogen) atoms. The average molecular weight is 265 g/mol. The first-order chi connectivity index (χ1) is 9.18. The van der Waals surface area contributed by atoms with Crippen LogP contribution in [0.25, 0.3) is 0 Å². The Balaban J connectivity index is 1.60. The summed E-state index contributed by atoms with van der Waals surface area (Å²) in [6.07, 6.45) is 11.7. The summed E-state index contributed by atoms with van der Waals surface area (Å²) >= 11 is 0. The molecule has 0 radical (unpaired) electrons. The maximum Gasteiger partial charge on any atom is 0.225 e. The Kier molecular flexibility index (Phi) is 3.84. The molecule has 1 heterocycles. The number of likely N-dealkylation sites (tertiary alicyclic amines) is 1. The van der Waals surface area contributed by atoms with Crippen LogP contribution in [0.4, 0.5) is 0 Å². The van der Waals surface area contributed by atoms with Crippen LogP contribution in [0.3, 0.4) is 0 Å². The third-order valence-corrected chi connectivity index (χ3v) is 5.59. The minimum atomic E-state index is -0.692. The lowest BCUT2D eigenvalue weighted by Gasteiger charge is -2.36. The van der Waals surface area contributed by atoms with Crippen LogP contribution in [0, 0.1) is 5.92 Å². The molecule has 3 fully saturated rings. The second-order valence-electron chi connectivity index (χ2n) is 6.95. The van der Waals surface area contributed by atoms with E-state index in [1.54, 1.807) is 0 Å². The van der Waals surface area contributed by atoms with Gasteiger partial charge in [-0.15, -0.1) is 0 Å². The van der Waals surface area contributed by atoms with E-state index in [-0.39, 0.29) is 5.91 Å². The van der Waals surface area contributed by atoms with Crippen molar-refractivity contribution in [2.75, 3.05) is 6.54 Å². The summed E-state index contributed by atoms with van der Waals surface area (Å²) in [6, 6.07) is 0.494. The Bertz CT molecular complexity index is 336. The zero-order valence-corrected chi connectivity index (χ0v) is 11.9. The molecule has 108 valence electrons. The Morgan fingerprint density at radius 1 is 1.05 bits per heavy atom. The summed E-state index contributed by atoms with van der Waals surface area (Å²) < 4.78 is 0. The van der Waals surface area contributed by atoms with E-state index in [1.165, 1.54) is 38.5 Å². The van der Waals surface area contributed by atoms with Crippen LogP contribution < -0.4 is 0 Å². The fourth-order valence-electron chi connectivity index (χ4n) is 4.49. The second kappa shape index (κ2) is 5.43. The van der Waals surface area contributed by atoms with Crippen molar-refractivity contribution in [3.8, 4) is 0 Å². The van der Waals surface area contributed by atoms with Crippen molar-refractivity contribution in [3.63, 3.8) is 0 Å². The number of aliphatic hydroxyl groups is 1. The highest BCUT2D eigenvalue weighted by Crippen LogP contribution is 2.38. The predicted molar refractivity (Wildman–Crippen MR) is 74.7 cm³/mol. The van der Waals surface area contributed by atoms with E-state index in [0.29, 0.717) is 12.5 Å². The number of rotatable bonds is 2. The van der Waals surface area contributed by atoms with E-state index >= 15 is 0 Å². The summed E-state index contributed by atoms with van der Waals surface area (Å²) in [5, 5.41) is 10.6. The van der Waals surface area contributed by atoms with E-state index in [2.05, 4.69) is 4.90 Å². The van der Waals surface area contributed by atoms with Gasteiger partial charge >= 0.3 is 0 Å². The van der Waals surface area contributed by atoms with Gasteiger partial charge in [-0.2, -0.15) is 0 Å². The smallest absolute Gasteiger partial charge is 0.225 e. The zero-order valence-electron chi connectivity index (χ0n) is 11.9. The number of hydrogen-bond acceptors (Lipinski definition) is 2. The van der Waals surface area contributed by atoms with Crippen molar-refractivity contribution in [3.05, 3.63) is 0 Å². The summed E-state index contributed by atoms with van der Waals surface area (Å²) in [7, 11) is 0. The molecular weight excluding hydrogens is 238 g/mol. The number of carbonyl (C=O) groups excluding carboxylic acids is 1. The number of amides is 1. The quantitative estimate of drug-likeness (QED) is 0.834. The van der Waals surface area contributed by atoms with Gasteiger partial charge in [0.15, 0.2) is 0 Å². The summed E-state index contributed by atoms with van der Waals surface area (Å²) in [4.78, 5) is 14.6. The Morgan fingerprint density at radius 2 is 1.79 bits per heavy atom. The SMILES string of the molecule is O=C(CC1(O)CCCCC1)N1CCC2CCCCC21. The van der Waals surface area contributed by atoms with Crippen LogP contribution in [0.15, 0.2) is 0 Å². The molecule has 0 spiro atoms. The standard InChI is InChI=1S/C16H27NO2/c18-15(12-16(19)9-4-1-5-10-16)17-11-8-13-6-2-3-7-14(13)17/h13-14,19H,1-12H2. The molecule has 3 rings (SSSR count). The minimum Gasteiger partial charge on any atom is -0.389 e. The summed E-state index contributed by atoms with van der Waals surface area (Å²) in [6.45, 7) is 0.935. The van der Waals surface area contributed by atoms with Crippen molar-refractivity contribution in [1.82, 2.24) is 4.90 Å². The highest BCUT2D eigenvalue weighted by molar-refractivity contribution is 5.78. The molecule has 0 aromatic heterocycles. The minimum absolute atomic E-state index is 0.221. The van der Waals surface area contributed by atoms with E-state index < -0.39 is 5.60 Å². The van der Waals surface area contributed by atoms with Gasteiger partial charge in [0.25, 0.3) is 0 Å². The Morgan fingerprint density at radius 3 is 2.58 bits per heavy atom. The second-order valence-corrected chi connectivity index (χ2v) is 6.95. The lowest BCUT2D eigenvalue weighted by Crippen LogP contribution is -2.44. The number of carbonyl (C=O) groups is 1. The van der Waals surface area contributed by atoms with Crippen LogP contribution in [0.1, 0.15) is 70.6 Å². The van der Waals surface area contributed by atoms with Crippen molar-refractivity contribution < 1.29 is 9.90 Å². The molecule has 0 bridgehead atoms. The summed E-state index contributed by atoms with van der Waals surface area (Å²) in [5.74, 6) is 0.970. The number of fused-ring (bicyclic) bond motifs is 1. The third kappa shape index (κ3) is 2.81. The molecule has 2 saturated carbocycles. The molecule has 3 aliphatic rings. The molecule has 0 aromatic carbocycles. The number of hydrogen-bond donors (Lipinski definition) is 1. The van der Waals surface area contributed by atoms with Gasteiger partial charge in [0, 0.05) is 12.6 Å². The number of nitrogens with zero attached hydrogens (tertiary/aromatic N) is 1. The van der Waals surface area contributed by atoms with E-state index in [0.717, 1.165) is 38.1 Å². The first kappa shape index (κ1) is 13.4. The van der Waals surface area contributed by atoms with Gasteiger partial charge in [-0.25, -0.2) is 0 Å². The van der Waals surface area contributed by atoms with Gasteiger partial charge in [-0.3, -0.25) is 4.79 Å². The highest BCUT2D eigenvalue weighted by Gasteiger charge is 2.41. The van der Waals surface area contributed by atoms with Crippen molar-refractivity contribution >= 4 is 5.91 Å². The molecule has 3 heteroatoms. The van der Waals surface area contributed by atoms with Crippen LogP contribution in [0.2, 0.25) is 0 Å². The summed E-state index contributed by atoms with van der Waals surface area (Å²) in [5.41, 5.74) is -0.692. The maximum atomic E-state index is 12.5. The molecule has 3 nitrogen and oxygen atoms in total. The lowest BCUT2D eigenvalue weighted by molar-refractivity contribution is -0.139. The molecule has 2 unspecified atom stereocenters. The first-order valence-corrected chi connectivity index (χ1v) is 8.20. The normalized spacial score (nSPS) is 34.1. The predicted octanol–water partition coefficient (Wildman–Crippen LogP) is 2.86. The molecule has 1 aliphatic heterocycles. The highest BCUT2D eigenvalue weighted by atomic mass is 16.3. The fourth-order valence-corrected chi connectivity index (χ4v) is 4.49. The molecule has 1 amide bonds. The topological polar surface area (TPSA) is 40.5 Å². The zero-order chi connectivity index (χ0) is 13.3.